The predicted molar refractivity (Wildman–Crippen MR) is 139 cm³/mol. The highest BCUT2D eigenvalue weighted by molar-refractivity contribution is 6.06. The number of para-hydroxylation sites is 1. The summed E-state index contributed by atoms with van der Waals surface area (Å²) in [6.07, 6.45) is 0. The van der Waals surface area contributed by atoms with Crippen molar-refractivity contribution in [1.82, 2.24) is 14.8 Å². The van der Waals surface area contributed by atoms with Crippen molar-refractivity contribution in [1.29, 1.82) is 0 Å². The first-order valence-corrected chi connectivity index (χ1v) is 11.6. The van der Waals surface area contributed by atoms with Crippen molar-refractivity contribution in [2.45, 2.75) is 19.9 Å². The average Bonchev–Trinajstić information content (AvgIpc) is 3.31. The maximum atomic E-state index is 13.6. The number of amides is 1. The van der Waals surface area contributed by atoms with Crippen LogP contribution in [0.2, 0.25) is 0 Å². The van der Waals surface area contributed by atoms with E-state index in [1.807, 2.05) is 80.6 Å². The number of methoxy groups -OCH3 is 2. The molecular weight excluding hydrogens is 454 g/mol. The highest BCUT2D eigenvalue weighted by Gasteiger charge is 2.34. The van der Waals surface area contributed by atoms with E-state index in [1.54, 1.807) is 18.9 Å². The van der Waals surface area contributed by atoms with Gasteiger partial charge in [-0.3, -0.25) is 4.79 Å². The lowest BCUT2D eigenvalue weighted by molar-refractivity contribution is -0.113. The molecule has 1 unspecified atom stereocenters. The van der Waals surface area contributed by atoms with E-state index in [9.17, 15) is 4.79 Å². The van der Waals surface area contributed by atoms with Crippen LogP contribution in [0, 0.1) is 6.92 Å². The van der Waals surface area contributed by atoms with Crippen molar-refractivity contribution in [2.75, 3.05) is 24.9 Å². The number of ether oxygens (including phenoxy) is 2. The fraction of sp³-hybridized carbons (Fsp3) is 0.179. The molecule has 0 saturated heterocycles. The molecule has 8 nitrogen and oxygen atoms in total. The van der Waals surface area contributed by atoms with Gasteiger partial charge in [0.25, 0.3) is 5.91 Å². The van der Waals surface area contributed by atoms with Crippen LogP contribution < -0.4 is 20.1 Å². The lowest BCUT2D eigenvalue weighted by Gasteiger charge is -2.29. The lowest BCUT2D eigenvalue weighted by Crippen LogP contribution is -2.31. The minimum Gasteiger partial charge on any atom is -0.493 e. The molecular formula is C28H27N5O3. The number of benzene rings is 3. The first-order chi connectivity index (χ1) is 17.5. The monoisotopic (exact) mass is 481 g/mol. The van der Waals surface area contributed by atoms with Crippen molar-refractivity contribution in [2.24, 2.45) is 0 Å². The molecule has 2 heterocycles. The van der Waals surface area contributed by atoms with Crippen molar-refractivity contribution in [3.8, 4) is 22.9 Å². The second kappa shape index (κ2) is 9.58. The Morgan fingerprint density at radius 1 is 0.944 bits per heavy atom. The van der Waals surface area contributed by atoms with Gasteiger partial charge in [-0.05, 0) is 49.7 Å². The van der Waals surface area contributed by atoms with Crippen LogP contribution in [0.3, 0.4) is 0 Å². The molecule has 0 spiro atoms. The Morgan fingerprint density at radius 3 is 2.44 bits per heavy atom. The second-order valence-corrected chi connectivity index (χ2v) is 8.57. The Labute approximate surface area is 209 Å². The number of rotatable bonds is 6. The fourth-order valence-electron chi connectivity index (χ4n) is 4.41. The smallest absolute Gasteiger partial charge is 0.255 e. The number of carbonyl (C=O) groups excluding carboxylic acids is 1. The van der Waals surface area contributed by atoms with Crippen molar-refractivity contribution < 1.29 is 14.3 Å². The van der Waals surface area contributed by atoms with Gasteiger partial charge in [0.1, 0.15) is 6.04 Å². The largest absolute Gasteiger partial charge is 0.493 e. The molecule has 3 aromatic carbocycles. The number of hydrogen-bond donors (Lipinski definition) is 2. The van der Waals surface area contributed by atoms with Gasteiger partial charge in [-0.1, -0.05) is 48.0 Å². The number of carbonyl (C=O) groups is 1. The molecule has 1 aliphatic heterocycles. The number of nitrogens with zero attached hydrogens (tertiary/aromatic N) is 3. The average molecular weight is 482 g/mol. The van der Waals surface area contributed by atoms with Gasteiger partial charge in [-0.25, -0.2) is 4.68 Å². The van der Waals surface area contributed by atoms with Crippen LogP contribution in [0.1, 0.15) is 24.1 Å². The summed E-state index contributed by atoms with van der Waals surface area (Å²) in [5, 5.41) is 11.2. The summed E-state index contributed by atoms with van der Waals surface area (Å²) in [6.45, 7) is 3.92. The van der Waals surface area contributed by atoms with Crippen LogP contribution >= 0.6 is 0 Å². The quantitative estimate of drug-likeness (QED) is 0.394. The summed E-state index contributed by atoms with van der Waals surface area (Å²) in [4.78, 5) is 18.3. The Hall–Kier alpha value is -4.59. The van der Waals surface area contributed by atoms with Crippen LogP contribution in [0.5, 0.6) is 11.5 Å². The normalized spacial score (nSPS) is 14.6. The number of nitrogens with one attached hydrogen (secondary N) is 2. The summed E-state index contributed by atoms with van der Waals surface area (Å²) in [5.41, 5.74) is 4.82. The van der Waals surface area contributed by atoms with Crippen molar-refractivity contribution >= 4 is 17.5 Å². The minimum atomic E-state index is -0.466. The Bertz CT molecular complexity index is 1460. The van der Waals surface area contributed by atoms with E-state index in [0.29, 0.717) is 34.5 Å². The van der Waals surface area contributed by atoms with Crippen molar-refractivity contribution in [3.63, 3.8) is 0 Å². The highest BCUT2D eigenvalue weighted by Crippen LogP contribution is 2.38. The first-order valence-electron chi connectivity index (χ1n) is 11.6. The van der Waals surface area contributed by atoms with E-state index in [-0.39, 0.29) is 5.91 Å². The summed E-state index contributed by atoms with van der Waals surface area (Å²) in [7, 11) is 3.19. The summed E-state index contributed by atoms with van der Waals surface area (Å²) in [6, 6.07) is 22.6. The maximum absolute atomic E-state index is 13.6. The molecule has 182 valence electrons. The third kappa shape index (κ3) is 4.29. The van der Waals surface area contributed by atoms with Crippen LogP contribution in [-0.2, 0) is 4.79 Å². The molecule has 1 atom stereocenters. The summed E-state index contributed by atoms with van der Waals surface area (Å²) in [5.74, 6) is 2.07. The molecule has 0 saturated carbocycles. The Morgan fingerprint density at radius 2 is 1.72 bits per heavy atom. The second-order valence-electron chi connectivity index (χ2n) is 8.57. The summed E-state index contributed by atoms with van der Waals surface area (Å²) < 4.78 is 12.6. The minimum absolute atomic E-state index is 0.202. The van der Waals surface area contributed by atoms with Crippen LogP contribution in [-0.4, -0.2) is 34.9 Å². The maximum Gasteiger partial charge on any atom is 0.255 e. The third-order valence-corrected chi connectivity index (χ3v) is 6.13. The highest BCUT2D eigenvalue weighted by atomic mass is 16.5. The molecule has 1 amide bonds. The number of hydrogen-bond acceptors (Lipinski definition) is 6. The van der Waals surface area contributed by atoms with Crippen LogP contribution in [0.25, 0.3) is 11.4 Å². The number of anilines is 2. The van der Waals surface area contributed by atoms with Gasteiger partial charge >= 0.3 is 0 Å². The molecule has 0 aliphatic carbocycles. The summed E-state index contributed by atoms with van der Waals surface area (Å²) >= 11 is 0. The van der Waals surface area contributed by atoms with E-state index >= 15 is 0 Å². The molecule has 8 heteroatoms. The number of allylic oxidation sites excluding steroid dienone is 1. The van der Waals surface area contributed by atoms with Gasteiger partial charge in [0.2, 0.25) is 5.95 Å². The number of fused-ring (bicyclic) bond motifs is 1. The van der Waals surface area contributed by atoms with Gasteiger partial charge in [0, 0.05) is 16.9 Å². The van der Waals surface area contributed by atoms with E-state index < -0.39 is 6.04 Å². The number of aromatic nitrogens is 3. The predicted octanol–water partition coefficient (Wildman–Crippen LogP) is 5.20. The lowest BCUT2D eigenvalue weighted by atomic mass is 9.94. The van der Waals surface area contributed by atoms with Crippen LogP contribution in [0.4, 0.5) is 11.6 Å². The third-order valence-electron chi connectivity index (χ3n) is 6.13. The Balaban J connectivity index is 1.60. The zero-order chi connectivity index (χ0) is 25.2. The SMILES string of the molecule is COc1ccc(-c2nc3n(n2)C(c2cccc(C)c2)C(C(=O)Nc2ccccc2)=C(C)N3)cc1OC. The molecule has 0 fully saturated rings. The molecule has 36 heavy (non-hydrogen) atoms. The van der Waals surface area contributed by atoms with E-state index in [2.05, 4.69) is 16.7 Å². The van der Waals surface area contributed by atoms with Crippen LogP contribution in [0.15, 0.2) is 84.1 Å². The van der Waals surface area contributed by atoms with E-state index in [0.717, 1.165) is 22.4 Å². The first kappa shape index (κ1) is 23.2. The van der Waals surface area contributed by atoms with E-state index in [4.69, 9.17) is 19.6 Å². The fourth-order valence-corrected chi connectivity index (χ4v) is 4.41. The molecule has 0 radical (unpaired) electrons. The van der Waals surface area contributed by atoms with Gasteiger partial charge in [0.15, 0.2) is 17.3 Å². The van der Waals surface area contributed by atoms with Gasteiger partial charge < -0.3 is 20.1 Å². The molecule has 1 aliphatic rings. The van der Waals surface area contributed by atoms with E-state index in [1.165, 1.54) is 0 Å². The molecule has 0 bridgehead atoms. The number of aryl methyl sites for hydroxylation is 1. The van der Waals surface area contributed by atoms with Crippen molar-refractivity contribution in [3.05, 3.63) is 95.2 Å². The topological polar surface area (TPSA) is 90.3 Å². The zero-order valence-corrected chi connectivity index (χ0v) is 20.6. The molecule has 5 rings (SSSR count). The van der Waals surface area contributed by atoms with Gasteiger partial charge in [0.05, 0.1) is 19.8 Å². The van der Waals surface area contributed by atoms with Gasteiger partial charge in [-0.2, -0.15) is 4.98 Å². The molecule has 1 aromatic heterocycles. The molecule has 4 aromatic rings. The zero-order valence-electron chi connectivity index (χ0n) is 20.6. The Kier molecular flexibility index (Phi) is 6.16. The molecule has 2 N–H and O–H groups in total. The van der Waals surface area contributed by atoms with Gasteiger partial charge in [-0.15, -0.1) is 5.10 Å². The standard InChI is InChI=1S/C28H27N5O3/c1-17-9-8-10-19(15-17)25-24(27(34)30-21-11-6-5-7-12-21)18(2)29-28-31-26(32-33(25)28)20-13-14-22(35-3)23(16-20)36-4/h5-16,25H,1-4H3,(H,30,34)(H,29,31,32).